The van der Waals surface area contributed by atoms with Crippen LogP contribution < -0.4 is 10.1 Å². The van der Waals surface area contributed by atoms with E-state index in [4.69, 9.17) is 11.3 Å². The van der Waals surface area contributed by atoms with Crippen LogP contribution in [0.5, 0.6) is 5.75 Å². The summed E-state index contributed by atoms with van der Waals surface area (Å²) < 4.78 is 18.1. The van der Waals surface area contributed by atoms with Gasteiger partial charge in [-0.1, -0.05) is 18.2 Å². The van der Waals surface area contributed by atoms with Gasteiger partial charge < -0.3 is 4.74 Å². The molecule has 2 aromatic rings. The fourth-order valence-electron chi connectivity index (χ4n) is 1.42. The Balaban J connectivity index is 2.06. The lowest BCUT2D eigenvalue weighted by Crippen LogP contribution is -2.16. The van der Waals surface area contributed by atoms with Gasteiger partial charge in [0, 0.05) is 5.69 Å². The van der Waals surface area contributed by atoms with E-state index in [1.54, 1.807) is 30.3 Å². The lowest BCUT2D eigenvalue weighted by molar-refractivity contribution is 0.215. The maximum absolute atomic E-state index is 13.1. The van der Waals surface area contributed by atoms with E-state index in [1.165, 1.54) is 12.1 Å². The highest BCUT2D eigenvalue weighted by Gasteiger charge is 2.07. The Bertz CT molecular complexity index is 636. The molecule has 94 valence electrons. The van der Waals surface area contributed by atoms with E-state index in [0.717, 1.165) is 6.07 Å². The van der Waals surface area contributed by atoms with Crippen LogP contribution in [0.3, 0.4) is 0 Å². The van der Waals surface area contributed by atoms with Crippen molar-refractivity contribution in [2.75, 3.05) is 5.32 Å². The highest BCUT2D eigenvalue weighted by Crippen LogP contribution is 2.22. The minimum atomic E-state index is -0.700. The maximum atomic E-state index is 13.1. The van der Waals surface area contributed by atoms with Crippen LogP contribution >= 0.6 is 0 Å². The van der Waals surface area contributed by atoms with Crippen LogP contribution in [-0.2, 0) is 0 Å². The summed E-state index contributed by atoms with van der Waals surface area (Å²) in [5, 5.41) is 2.42. The highest BCUT2D eigenvalue weighted by molar-refractivity contribution is 5.87. The second-order valence-electron chi connectivity index (χ2n) is 3.61. The molecule has 0 fully saturated rings. The van der Waals surface area contributed by atoms with Gasteiger partial charge in [0.1, 0.15) is 11.6 Å². The molecule has 5 heteroatoms. The number of para-hydroxylation sites is 1. The normalized spacial score (nSPS) is 9.47. The number of anilines is 1. The van der Waals surface area contributed by atoms with Gasteiger partial charge in [-0.25, -0.2) is 14.0 Å². The van der Waals surface area contributed by atoms with E-state index in [1.807, 2.05) is 0 Å². The molecule has 2 aromatic carbocycles. The highest BCUT2D eigenvalue weighted by atomic mass is 19.1. The van der Waals surface area contributed by atoms with Crippen LogP contribution in [0, 0.1) is 12.4 Å². The number of nitrogens with zero attached hydrogens (tertiary/aromatic N) is 1. The molecule has 0 heterocycles. The summed E-state index contributed by atoms with van der Waals surface area (Å²) in [4.78, 5) is 14.6. The van der Waals surface area contributed by atoms with Crippen molar-refractivity contribution in [3.8, 4) is 5.75 Å². The SMILES string of the molecule is [C-]#[N+]c1cc(NC(=O)Oc2ccccc2)ccc1F. The standard InChI is InChI=1S/C14H9FN2O2/c1-16-13-9-10(7-8-12(13)15)17-14(18)19-11-5-3-2-4-6-11/h2-9H,(H,17,18). The number of nitrogens with one attached hydrogen (secondary N) is 1. The molecule has 4 nitrogen and oxygen atoms in total. The van der Waals surface area contributed by atoms with E-state index in [0.29, 0.717) is 11.4 Å². The van der Waals surface area contributed by atoms with Crippen molar-refractivity contribution in [1.29, 1.82) is 0 Å². The van der Waals surface area contributed by atoms with E-state index in [-0.39, 0.29) is 5.69 Å². The van der Waals surface area contributed by atoms with Crippen LogP contribution in [0.15, 0.2) is 48.5 Å². The van der Waals surface area contributed by atoms with Crippen molar-refractivity contribution in [2.45, 2.75) is 0 Å². The lowest BCUT2D eigenvalue weighted by atomic mass is 10.2. The molecular weight excluding hydrogens is 247 g/mol. The predicted octanol–water partition coefficient (Wildman–Crippen LogP) is 3.99. The molecule has 1 N–H and O–H groups in total. The third-order valence-corrected chi connectivity index (χ3v) is 2.27. The summed E-state index contributed by atoms with van der Waals surface area (Å²) in [6.07, 6.45) is -0.700. The molecule has 0 aromatic heterocycles. The summed E-state index contributed by atoms with van der Waals surface area (Å²) in [5.41, 5.74) is 0.144. The molecule has 19 heavy (non-hydrogen) atoms. The monoisotopic (exact) mass is 256 g/mol. The summed E-state index contributed by atoms with van der Waals surface area (Å²) in [7, 11) is 0. The Kier molecular flexibility index (Phi) is 3.74. The van der Waals surface area contributed by atoms with Crippen LogP contribution in [0.1, 0.15) is 0 Å². The van der Waals surface area contributed by atoms with E-state index in [2.05, 4.69) is 10.2 Å². The first kappa shape index (κ1) is 12.6. The van der Waals surface area contributed by atoms with Crippen molar-refractivity contribution < 1.29 is 13.9 Å². The molecule has 1 amide bonds. The maximum Gasteiger partial charge on any atom is 0.417 e. The van der Waals surface area contributed by atoms with Gasteiger partial charge in [-0.15, -0.1) is 0 Å². The fourth-order valence-corrected chi connectivity index (χ4v) is 1.42. The molecule has 0 spiro atoms. The largest absolute Gasteiger partial charge is 0.417 e. The first-order valence-corrected chi connectivity index (χ1v) is 5.40. The zero-order chi connectivity index (χ0) is 13.7. The van der Waals surface area contributed by atoms with E-state index < -0.39 is 11.9 Å². The summed E-state index contributed by atoms with van der Waals surface area (Å²) in [6.45, 7) is 6.78. The molecule has 0 aliphatic rings. The van der Waals surface area contributed by atoms with E-state index >= 15 is 0 Å². The van der Waals surface area contributed by atoms with Crippen molar-refractivity contribution in [1.82, 2.24) is 0 Å². The second kappa shape index (κ2) is 5.65. The number of carbonyl (C=O) groups excluding carboxylic acids is 1. The summed E-state index contributed by atoms with van der Waals surface area (Å²) in [6, 6.07) is 12.3. The van der Waals surface area contributed by atoms with Gasteiger partial charge in [-0.3, -0.25) is 5.32 Å². The van der Waals surface area contributed by atoms with Gasteiger partial charge in [-0.2, -0.15) is 0 Å². The number of carbonyl (C=O) groups is 1. The van der Waals surface area contributed by atoms with Crippen LogP contribution in [0.2, 0.25) is 0 Å². The Morgan fingerprint density at radius 3 is 2.63 bits per heavy atom. The van der Waals surface area contributed by atoms with Crippen LogP contribution in [0.25, 0.3) is 4.85 Å². The number of hydrogen-bond donors (Lipinski definition) is 1. The molecule has 0 saturated carbocycles. The number of amides is 1. The molecule has 0 saturated heterocycles. The molecule has 0 atom stereocenters. The third-order valence-electron chi connectivity index (χ3n) is 2.27. The minimum Gasteiger partial charge on any atom is -0.410 e. The topological polar surface area (TPSA) is 42.7 Å². The Morgan fingerprint density at radius 1 is 1.21 bits per heavy atom. The first-order valence-electron chi connectivity index (χ1n) is 5.40. The molecule has 0 aliphatic carbocycles. The number of halogens is 1. The smallest absolute Gasteiger partial charge is 0.410 e. The van der Waals surface area contributed by atoms with Gasteiger partial charge >= 0.3 is 6.09 Å². The quantitative estimate of drug-likeness (QED) is 0.825. The summed E-state index contributed by atoms with van der Waals surface area (Å²) >= 11 is 0. The van der Waals surface area contributed by atoms with Gasteiger partial charge in [0.2, 0.25) is 5.69 Å². The lowest BCUT2D eigenvalue weighted by Gasteiger charge is -2.07. The van der Waals surface area contributed by atoms with Gasteiger partial charge in [0.15, 0.2) is 0 Å². The van der Waals surface area contributed by atoms with Gasteiger partial charge in [-0.05, 0) is 30.3 Å². The van der Waals surface area contributed by atoms with Crippen molar-refractivity contribution in [3.05, 3.63) is 65.8 Å². The predicted molar refractivity (Wildman–Crippen MR) is 68.8 cm³/mol. The van der Waals surface area contributed by atoms with Crippen molar-refractivity contribution in [2.24, 2.45) is 0 Å². The average Bonchev–Trinajstić information content (AvgIpc) is 2.42. The van der Waals surface area contributed by atoms with Crippen LogP contribution in [-0.4, -0.2) is 6.09 Å². The zero-order valence-corrected chi connectivity index (χ0v) is 9.76. The summed E-state index contributed by atoms with van der Waals surface area (Å²) in [5.74, 6) is -0.232. The molecule has 0 radical (unpaired) electrons. The van der Waals surface area contributed by atoms with Crippen LogP contribution in [0.4, 0.5) is 20.6 Å². The Hall–Kier alpha value is -2.87. The number of benzene rings is 2. The Morgan fingerprint density at radius 2 is 1.95 bits per heavy atom. The fraction of sp³-hybridized carbons (Fsp3) is 0. The molecule has 0 aliphatic heterocycles. The minimum absolute atomic E-state index is 0.155. The average molecular weight is 256 g/mol. The Labute approximate surface area is 109 Å². The van der Waals surface area contributed by atoms with Gasteiger partial charge in [0.25, 0.3) is 0 Å². The molecule has 0 bridgehead atoms. The van der Waals surface area contributed by atoms with E-state index in [9.17, 15) is 9.18 Å². The number of rotatable bonds is 2. The zero-order valence-electron chi connectivity index (χ0n) is 9.76. The number of ether oxygens (including phenoxy) is 1. The second-order valence-corrected chi connectivity index (χ2v) is 3.61. The molecule has 0 unspecified atom stereocenters. The molecule has 2 rings (SSSR count). The van der Waals surface area contributed by atoms with Crippen molar-refractivity contribution >= 4 is 17.5 Å². The first-order chi connectivity index (χ1) is 9.19. The number of hydrogen-bond acceptors (Lipinski definition) is 2. The molecular formula is C14H9FN2O2. The van der Waals surface area contributed by atoms with Crippen molar-refractivity contribution in [3.63, 3.8) is 0 Å². The third kappa shape index (κ3) is 3.30. The van der Waals surface area contributed by atoms with Gasteiger partial charge in [0.05, 0.1) is 6.57 Å².